The first kappa shape index (κ1) is 14.4. The van der Waals surface area contributed by atoms with Crippen molar-refractivity contribution in [2.24, 2.45) is 0 Å². The minimum Gasteiger partial charge on any atom is -0.304 e. The van der Waals surface area contributed by atoms with E-state index in [1.165, 1.54) is 23.5 Å². The van der Waals surface area contributed by atoms with Crippen LogP contribution < -0.4 is 4.90 Å². The number of halogens is 1. The van der Waals surface area contributed by atoms with Crippen molar-refractivity contribution in [3.05, 3.63) is 46.7 Å². The molecule has 0 bridgehead atoms. The Hall–Kier alpha value is -1.59. The monoisotopic (exact) mass is 319 g/mol. The summed E-state index contributed by atoms with van der Waals surface area (Å²) in [6, 6.07) is 8.03. The maximum atomic E-state index is 12.9. The van der Waals surface area contributed by atoms with Gasteiger partial charge in [0.2, 0.25) is 0 Å². The molecule has 0 fully saturated rings. The van der Waals surface area contributed by atoms with E-state index in [9.17, 15) is 4.79 Å². The number of hydrogen-bond acceptors (Lipinski definition) is 4. The van der Waals surface area contributed by atoms with Crippen LogP contribution in [0.1, 0.15) is 23.0 Å². The molecule has 4 nitrogen and oxygen atoms in total. The molecule has 0 saturated carbocycles. The van der Waals surface area contributed by atoms with Crippen LogP contribution in [0.15, 0.2) is 35.6 Å². The molecule has 1 amide bonds. The average molecular weight is 320 g/mol. The maximum absolute atomic E-state index is 12.9. The molecule has 0 unspecified atom stereocenters. The molecule has 108 valence electrons. The van der Waals surface area contributed by atoms with Gasteiger partial charge in [0.15, 0.2) is 10.9 Å². The number of para-hydroxylation sites is 1. The number of thioether (sulfide) groups is 1. The Morgan fingerprint density at radius 2 is 2.19 bits per heavy atom. The van der Waals surface area contributed by atoms with Gasteiger partial charge in [-0.1, -0.05) is 41.6 Å². The quantitative estimate of drug-likeness (QED) is 0.628. The molecule has 2 aromatic rings. The molecule has 1 aliphatic heterocycles. The molecule has 0 N–H and O–H groups in total. The lowest BCUT2D eigenvalue weighted by Crippen LogP contribution is -2.36. The molecule has 0 radical (unpaired) electrons. The summed E-state index contributed by atoms with van der Waals surface area (Å²) in [5.74, 6) is -0.171. The number of anilines is 1. The molecule has 1 aromatic carbocycles. The first-order chi connectivity index (χ1) is 10.1. The Morgan fingerprint density at radius 3 is 2.95 bits per heavy atom. The van der Waals surface area contributed by atoms with Gasteiger partial charge in [-0.15, -0.1) is 0 Å². The van der Waals surface area contributed by atoms with Crippen LogP contribution >= 0.6 is 23.4 Å². The third-order valence-electron chi connectivity index (χ3n) is 3.53. The normalized spacial score (nSPS) is 16.9. The standard InChI is InChI=1S/C15H14ClN3OS/c1-9-7-10-5-3-4-6-12(10)19(9)14(20)13-11(16)8-17-15(18-13)21-2/h3-6,8-9H,7H2,1-2H3/t9-/m1/s1. The average Bonchev–Trinajstić information content (AvgIpc) is 2.83. The fraction of sp³-hybridized carbons (Fsp3) is 0.267. The van der Waals surface area contributed by atoms with Crippen LogP contribution in [0.4, 0.5) is 5.69 Å². The highest BCUT2D eigenvalue weighted by Gasteiger charge is 2.33. The third-order valence-corrected chi connectivity index (χ3v) is 4.37. The van der Waals surface area contributed by atoms with Crippen molar-refractivity contribution < 1.29 is 4.79 Å². The van der Waals surface area contributed by atoms with E-state index in [1.54, 1.807) is 4.90 Å². The second kappa shape index (κ2) is 5.66. The van der Waals surface area contributed by atoms with Gasteiger partial charge in [-0.2, -0.15) is 0 Å². The van der Waals surface area contributed by atoms with Crippen LogP contribution in [0.5, 0.6) is 0 Å². The van der Waals surface area contributed by atoms with Gasteiger partial charge in [-0.25, -0.2) is 9.97 Å². The van der Waals surface area contributed by atoms with E-state index in [-0.39, 0.29) is 22.7 Å². The summed E-state index contributed by atoms with van der Waals surface area (Å²) in [7, 11) is 0. The Kier molecular flexibility index (Phi) is 3.87. The van der Waals surface area contributed by atoms with E-state index in [0.29, 0.717) is 5.16 Å². The summed E-state index contributed by atoms with van der Waals surface area (Å²) in [5.41, 5.74) is 2.38. The van der Waals surface area contributed by atoms with Crippen molar-refractivity contribution in [1.82, 2.24) is 9.97 Å². The summed E-state index contributed by atoms with van der Waals surface area (Å²) in [4.78, 5) is 23.0. The van der Waals surface area contributed by atoms with E-state index in [1.807, 2.05) is 37.4 Å². The van der Waals surface area contributed by atoms with E-state index < -0.39 is 0 Å². The van der Waals surface area contributed by atoms with Crippen LogP contribution in [0.2, 0.25) is 5.02 Å². The van der Waals surface area contributed by atoms with E-state index in [4.69, 9.17) is 11.6 Å². The van der Waals surface area contributed by atoms with Gasteiger partial charge in [0.1, 0.15) is 0 Å². The highest BCUT2D eigenvalue weighted by atomic mass is 35.5. The minimum atomic E-state index is -0.171. The number of benzene rings is 1. The van der Waals surface area contributed by atoms with Crippen LogP contribution in [0, 0.1) is 0 Å². The molecular formula is C15H14ClN3OS. The zero-order valence-corrected chi connectivity index (χ0v) is 13.3. The molecule has 1 aromatic heterocycles. The number of nitrogens with zero attached hydrogens (tertiary/aromatic N) is 3. The summed E-state index contributed by atoms with van der Waals surface area (Å²) < 4.78 is 0. The topological polar surface area (TPSA) is 46.1 Å². The molecule has 0 aliphatic carbocycles. The highest BCUT2D eigenvalue weighted by Crippen LogP contribution is 2.33. The Bertz CT molecular complexity index is 707. The van der Waals surface area contributed by atoms with Crippen molar-refractivity contribution in [1.29, 1.82) is 0 Å². The van der Waals surface area contributed by atoms with Crippen LogP contribution in [-0.2, 0) is 6.42 Å². The first-order valence-corrected chi connectivity index (χ1v) is 8.20. The van der Waals surface area contributed by atoms with Gasteiger partial charge < -0.3 is 4.90 Å². The zero-order chi connectivity index (χ0) is 15.0. The number of hydrogen-bond donors (Lipinski definition) is 0. The Morgan fingerprint density at radius 1 is 1.43 bits per heavy atom. The smallest absolute Gasteiger partial charge is 0.278 e. The van der Waals surface area contributed by atoms with Crippen molar-refractivity contribution in [3.8, 4) is 0 Å². The lowest BCUT2D eigenvalue weighted by molar-refractivity contribution is 0.0976. The van der Waals surface area contributed by atoms with Crippen molar-refractivity contribution in [3.63, 3.8) is 0 Å². The maximum Gasteiger partial charge on any atom is 0.278 e. The fourth-order valence-corrected chi connectivity index (χ4v) is 3.10. The van der Waals surface area contributed by atoms with Gasteiger partial charge in [0.05, 0.1) is 11.2 Å². The summed E-state index contributed by atoms with van der Waals surface area (Å²) in [5, 5.41) is 0.831. The second-order valence-electron chi connectivity index (χ2n) is 4.91. The lowest BCUT2D eigenvalue weighted by Gasteiger charge is -2.22. The summed E-state index contributed by atoms with van der Waals surface area (Å²) in [6.07, 6.45) is 4.20. The van der Waals surface area contributed by atoms with Crippen molar-refractivity contribution >= 4 is 35.0 Å². The summed E-state index contributed by atoms with van der Waals surface area (Å²) >= 11 is 7.51. The van der Waals surface area contributed by atoms with Gasteiger partial charge in [-0.05, 0) is 31.2 Å². The molecule has 21 heavy (non-hydrogen) atoms. The number of rotatable bonds is 2. The minimum absolute atomic E-state index is 0.0960. The lowest BCUT2D eigenvalue weighted by atomic mass is 10.1. The molecule has 0 spiro atoms. The van der Waals surface area contributed by atoms with Gasteiger partial charge in [-0.3, -0.25) is 4.79 Å². The van der Waals surface area contributed by atoms with Gasteiger partial charge >= 0.3 is 0 Å². The second-order valence-corrected chi connectivity index (χ2v) is 6.09. The predicted molar refractivity (Wildman–Crippen MR) is 85.2 cm³/mol. The number of carbonyl (C=O) groups is 1. The number of aromatic nitrogens is 2. The van der Waals surface area contributed by atoms with E-state index >= 15 is 0 Å². The van der Waals surface area contributed by atoms with Gasteiger partial charge in [0, 0.05) is 11.7 Å². The molecule has 0 saturated heterocycles. The van der Waals surface area contributed by atoms with E-state index in [0.717, 1.165) is 12.1 Å². The summed E-state index contributed by atoms with van der Waals surface area (Å²) in [6.45, 7) is 2.03. The molecule has 1 atom stereocenters. The number of fused-ring (bicyclic) bond motifs is 1. The molecule has 1 aliphatic rings. The van der Waals surface area contributed by atoms with Crippen molar-refractivity contribution in [2.45, 2.75) is 24.5 Å². The largest absolute Gasteiger partial charge is 0.304 e. The number of amides is 1. The van der Waals surface area contributed by atoms with E-state index in [2.05, 4.69) is 9.97 Å². The number of carbonyl (C=O) groups excluding carboxylic acids is 1. The van der Waals surface area contributed by atoms with Crippen molar-refractivity contribution in [2.75, 3.05) is 11.2 Å². The van der Waals surface area contributed by atoms with Gasteiger partial charge in [0.25, 0.3) is 5.91 Å². The predicted octanol–water partition coefficient (Wildman–Crippen LogP) is 3.44. The molecule has 6 heteroatoms. The Balaban J connectivity index is 2.03. The fourth-order valence-electron chi connectivity index (χ4n) is 2.59. The first-order valence-electron chi connectivity index (χ1n) is 6.60. The van der Waals surface area contributed by atoms with Crippen LogP contribution in [0.3, 0.4) is 0 Å². The van der Waals surface area contributed by atoms with Crippen LogP contribution in [0.25, 0.3) is 0 Å². The molecule has 2 heterocycles. The van der Waals surface area contributed by atoms with Crippen LogP contribution in [-0.4, -0.2) is 28.2 Å². The molecule has 3 rings (SSSR count). The third kappa shape index (κ3) is 2.51. The molecular weight excluding hydrogens is 306 g/mol. The highest BCUT2D eigenvalue weighted by molar-refractivity contribution is 7.98. The zero-order valence-electron chi connectivity index (χ0n) is 11.7. The SMILES string of the molecule is CSc1ncc(Cl)c(C(=O)N2c3ccccc3C[C@H]2C)n1. The Labute approximate surface area is 132 Å².